The van der Waals surface area contributed by atoms with Gasteiger partial charge in [0.25, 0.3) is 0 Å². The van der Waals surface area contributed by atoms with Gasteiger partial charge < -0.3 is 9.47 Å². The van der Waals surface area contributed by atoms with Crippen LogP contribution in [0.15, 0.2) is 36.5 Å². The molecule has 116 valence electrons. The van der Waals surface area contributed by atoms with Gasteiger partial charge >= 0.3 is 12.1 Å². The summed E-state index contributed by atoms with van der Waals surface area (Å²) in [4.78, 5) is 15.7. The first-order chi connectivity index (χ1) is 10.4. The Morgan fingerprint density at radius 2 is 1.82 bits per heavy atom. The maximum absolute atomic E-state index is 13.2. The molecule has 1 heterocycles. The molecule has 0 radical (unpaired) electrons. The SMILES string of the molecule is COC(=O)c1ccnc(OC)c1-c1ccccc1C(F)(F)F. The van der Waals surface area contributed by atoms with E-state index in [9.17, 15) is 18.0 Å². The number of carbonyl (C=O) groups is 1. The highest BCUT2D eigenvalue weighted by atomic mass is 19.4. The number of carbonyl (C=O) groups excluding carboxylic acids is 1. The Bertz CT molecular complexity index is 699. The van der Waals surface area contributed by atoms with Gasteiger partial charge in [-0.2, -0.15) is 13.2 Å². The van der Waals surface area contributed by atoms with Crippen LogP contribution in [0.1, 0.15) is 15.9 Å². The van der Waals surface area contributed by atoms with Crippen molar-refractivity contribution in [2.75, 3.05) is 14.2 Å². The van der Waals surface area contributed by atoms with Gasteiger partial charge in [-0.15, -0.1) is 0 Å². The van der Waals surface area contributed by atoms with Crippen LogP contribution in [-0.2, 0) is 10.9 Å². The summed E-state index contributed by atoms with van der Waals surface area (Å²) in [6.45, 7) is 0. The summed E-state index contributed by atoms with van der Waals surface area (Å²) in [7, 11) is 2.41. The van der Waals surface area contributed by atoms with Crippen molar-refractivity contribution >= 4 is 5.97 Å². The maximum atomic E-state index is 13.2. The highest BCUT2D eigenvalue weighted by Gasteiger charge is 2.35. The van der Waals surface area contributed by atoms with Crippen LogP contribution in [0, 0.1) is 0 Å². The number of aromatic nitrogens is 1. The third-order valence-electron chi connectivity index (χ3n) is 3.02. The summed E-state index contributed by atoms with van der Waals surface area (Å²) in [5, 5.41) is 0. The minimum Gasteiger partial charge on any atom is -0.481 e. The van der Waals surface area contributed by atoms with Crippen molar-refractivity contribution in [3.8, 4) is 17.0 Å². The number of alkyl halides is 3. The van der Waals surface area contributed by atoms with Crippen LogP contribution >= 0.6 is 0 Å². The molecule has 2 rings (SSSR count). The molecule has 0 saturated carbocycles. The quantitative estimate of drug-likeness (QED) is 0.813. The van der Waals surface area contributed by atoms with Gasteiger partial charge in [0.15, 0.2) is 0 Å². The second-order valence-electron chi connectivity index (χ2n) is 4.28. The predicted octanol–water partition coefficient (Wildman–Crippen LogP) is 3.56. The Kier molecular flexibility index (Phi) is 4.35. The van der Waals surface area contributed by atoms with Gasteiger partial charge in [0, 0.05) is 11.8 Å². The van der Waals surface area contributed by atoms with Crippen LogP contribution < -0.4 is 4.74 Å². The molecule has 2 aromatic rings. The molecule has 0 atom stereocenters. The van der Waals surface area contributed by atoms with E-state index in [1.165, 1.54) is 37.6 Å². The van der Waals surface area contributed by atoms with E-state index in [1.807, 2.05) is 0 Å². The normalized spacial score (nSPS) is 11.1. The Labute approximate surface area is 124 Å². The summed E-state index contributed by atoms with van der Waals surface area (Å²) < 4.78 is 49.3. The lowest BCUT2D eigenvalue weighted by molar-refractivity contribution is -0.137. The van der Waals surface area contributed by atoms with Crippen molar-refractivity contribution < 1.29 is 27.4 Å². The molecule has 0 aliphatic rings. The van der Waals surface area contributed by atoms with Gasteiger partial charge in [-0.05, 0) is 12.1 Å². The van der Waals surface area contributed by atoms with Crippen LogP contribution in [0.4, 0.5) is 13.2 Å². The lowest BCUT2D eigenvalue weighted by Crippen LogP contribution is -2.11. The Hall–Kier alpha value is -2.57. The van der Waals surface area contributed by atoms with E-state index in [0.29, 0.717) is 0 Å². The molecule has 0 bridgehead atoms. The number of hydrogen-bond acceptors (Lipinski definition) is 4. The number of benzene rings is 1. The van der Waals surface area contributed by atoms with E-state index < -0.39 is 17.7 Å². The summed E-state index contributed by atoms with van der Waals surface area (Å²) in [5.41, 5.74) is -1.18. The highest BCUT2D eigenvalue weighted by Crippen LogP contribution is 2.41. The molecule has 0 saturated heterocycles. The molecule has 0 N–H and O–H groups in total. The molecule has 0 unspecified atom stereocenters. The molecule has 4 nitrogen and oxygen atoms in total. The van der Waals surface area contributed by atoms with Gasteiger partial charge in [0.1, 0.15) is 0 Å². The van der Waals surface area contributed by atoms with E-state index in [2.05, 4.69) is 9.72 Å². The summed E-state index contributed by atoms with van der Waals surface area (Å²) in [6.07, 6.45) is -3.31. The summed E-state index contributed by atoms with van der Waals surface area (Å²) in [5.74, 6) is -0.854. The molecule has 0 fully saturated rings. The van der Waals surface area contributed by atoms with E-state index in [4.69, 9.17) is 4.74 Å². The zero-order valence-corrected chi connectivity index (χ0v) is 11.8. The first-order valence-electron chi connectivity index (χ1n) is 6.18. The Morgan fingerprint density at radius 3 is 2.41 bits per heavy atom. The molecule has 1 aromatic carbocycles. The Morgan fingerprint density at radius 1 is 1.14 bits per heavy atom. The average Bonchev–Trinajstić information content (AvgIpc) is 2.52. The molecular formula is C15H12F3NO3. The second-order valence-corrected chi connectivity index (χ2v) is 4.28. The first-order valence-corrected chi connectivity index (χ1v) is 6.18. The van der Waals surface area contributed by atoms with E-state index >= 15 is 0 Å². The molecule has 22 heavy (non-hydrogen) atoms. The topological polar surface area (TPSA) is 48.4 Å². The summed E-state index contributed by atoms with van der Waals surface area (Å²) >= 11 is 0. The van der Waals surface area contributed by atoms with Crippen LogP contribution in [0.25, 0.3) is 11.1 Å². The number of halogens is 3. The average molecular weight is 311 g/mol. The minimum absolute atomic E-state index is 0.0500. The fourth-order valence-corrected chi connectivity index (χ4v) is 2.09. The smallest absolute Gasteiger partial charge is 0.417 e. The molecule has 0 aliphatic carbocycles. The van der Waals surface area contributed by atoms with Gasteiger partial charge in [-0.3, -0.25) is 0 Å². The summed E-state index contributed by atoms with van der Waals surface area (Å²) in [6, 6.07) is 6.19. The van der Waals surface area contributed by atoms with E-state index in [0.717, 1.165) is 13.2 Å². The largest absolute Gasteiger partial charge is 0.481 e. The van der Waals surface area contributed by atoms with Gasteiger partial charge in [0.2, 0.25) is 5.88 Å². The van der Waals surface area contributed by atoms with E-state index in [1.54, 1.807) is 0 Å². The van der Waals surface area contributed by atoms with Crippen LogP contribution in [0.2, 0.25) is 0 Å². The zero-order chi connectivity index (χ0) is 16.3. The maximum Gasteiger partial charge on any atom is 0.417 e. The fraction of sp³-hybridized carbons (Fsp3) is 0.200. The molecule has 1 aromatic heterocycles. The van der Waals surface area contributed by atoms with Crippen LogP contribution in [-0.4, -0.2) is 25.2 Å². The van der Waals surface area contributed by atoms with Crippen molar-refractivity contribution in [3.05, 3.63) is 47.7 Å². The number of ether oxygens (including phenoxy) is 2. The Balaban J connectivity index is 2.80. The third-order valence-corrected chi connectivity index (χ3v) is 3.02. The number of pyridine rings is 1. The van der Waals surface area contributed by atoms with Crippen molar-refractivity contribution in [1.82, 2.24) is 4.98 Å². The van der Waals surface area contributed by atoms with Gasteiger partial charge in [0.05, 0.1) is 30.9 Å². The molecule has 0 aliphatic heterocycles. The zero-order valence-electron chi connectivity index (χ0n) is 11.8. The number of nitrogens with zero attached hydrogens (tertiary/aromatic N) is 1. The first kappa shape index (κ1) is 15.8. The third kappa shape index (κ3) is 2.88. The number of hydrogen-bond donors (Lipinski definition) is 0. The highest BCUT2D eigenvalue weighted by molar-refractivity contribution is 5.99. The molecule has 0 spiro atoms. The van der Waals surface area contributed by atoms with Crippen molar-refractivity contribution in [2.24, 2.45) is 0 Å². The van der Waals surface area contributed by atoms with Crippen molar-refractivity contribution in [2.45, 2.75) is 6.18 Å². The second kappa shape index (κ2) is 6.05. The van der Waals surface area contributed by atoms with Crippen LogP contribution in [0.3, 0.4) is 0 Å². The molecule has 0 amide bonds. The number of rotatable bonds is 3. The van der Waals surface area contributed by atoms with Gasteiger partial charge in [-0.25, -0.2) is 9.78 Å². The van der Waals surface area contributed by atoms with Crippen molar-refractivity contribution in [1.29, 1.82) is 0 Å². The lowest BCUT2D eigenvalue weighted by atomic mass is 9.96. The minimum atomic E-state index is -4.58. The molecular weight excluding hydrogens is 299 g/mol. The monoisotopic (exact) mass is 311 g/mol. The van der Waals surface area contributed by atoms with Gasteiger partial charge in [-0.1, -0.05) is 18.2 Å². The number of methoxy groups -OCH3 is 2. The van der Waals surface area contributed by atoms with Crippen molar-refractivity contribution in [3.63, 3.8) is 0 Å². The predicted molar refractivity (Wildman–Crippen MR) is 72.6 cm³/mol. The number of esters is 1. The lowest BCUT2D eigenvalue weighted by Gasteiger charge is -2.16. The van der Waals surface area contributed by atoms with Crippen LogP contribution in [0.5, 0.6) is 5.88 Å². The molecule has 7 heteroatoms. The standard InChI is InChI=1S/C15H12F3NO3/c1-21-13-12(10(7-8-19-13)14(20)22-2)9-5-3-4-6-11(9)15(16,17)18/h3-8H,1-2H3. The van der Waals surface area contributed by atoms with E-state index in [-0.39, 0.29) is 22.6 Å². The fourth-order valence-electron chi connectivity index (χ4n) is 2.09.